The summed E-state index contributed by atoms with van der Waals surface area (Å²) in [5, 5.41) is 5.27. The van der Waals surface area contributed by atoms with E-state index in [1.807, 2.05) is 11.9 Å². The average molecular weight is 238 g/mol. The molecule has 16 heavy (non-hydrogen) atoms. The molecule has 1 aliphatic heterocycles. The van der Waals surface area contributed by atoms with Gasteiger partial charge >= 0.3 is 0 Å². The number of amides is 1. The van der Waals surface area contributed by atoms with Crippen LogP contribution in [0, 0.1) is 12.8 Å². The maximum atomic E-state index is 11.9. The highest BCUT2D eigenvalue weighted by Crippen LogP contribution is 2.18. The fourth-order valence-corrected chi connectivity index (χ4v) is 2.72. The van der Waals surface area contributed by atoms with E-state index >= 15 is 0 Å². The second kappa shape index (κ2) is 4.97. The molecule has 3 nitrogen and oxygen atoms in total. The van der Waals surface area contributed by atoms with Crippen molar-refractivity contribution in [2.45, 2.75) is 19.9 Å². The van der Waals surface area contributed by atoms with E-state index in [1.54, 1.807) is 11.3 Å². The third-order valence-electron chi connectivity index (χ3n) is 3.10. The van der Waals surface area contributed by atoms with Gasteiger partial charge in [0.15, 0.2) is 0 Å². The highest BCUT2D eigenvalue weighted by molar-refractivity contribution is 7.10. The smallest absolute Gasteiger partial charge is 0.223 e. The lowest BCUT2D eigenvalue weighted by molar-refractivity contribution is -0.131. The number of rotatable bonds is 4. The van der Waals surface area contributed by atoms with Crippen molar-refractivity contribution < 1.29 is 4.79 Å². The Morgan fingerprint density at radius 2 is 2.38 bits per heavy atom. The van der Waals surface area contributed by atoms with E-state index in [2.05, 4.69) is 23.7 Å². The normalized spacial score (nSPS) is 15.9. The summed E-state index contributed by atoms with van der Waals surface area (Å²) in [7, 11) is 1.90. The Bertz CT molecular complexity index is 371. The van der Waals surface area contributed by atoms with Crippen LogP contribution >= 0.6 is 11.3 Å². The highest BCUT2D eigenvalue weighted by atomic mass is 32.1. The topological polar surface area (TPSA) is 32.3 Å². The van der Waals surface area contributed by atoms with Crippen molar-refractivity contribution in [2.24, 2.45) is 5.92 Å². The van der Waals surface area contributed by atoms with E-state index in [0.717, 1.165) is 19.6 Å². The molecule has 4 heteroatoms. The molecule has 0 spiro atoms. The molecule has 1 aromatic rings. The molecule has 1 N–H and O–H groups in total. The van der Waals surface area contributed by atoms with Crippen LogP contribution in [0.25, 0.3) is 0 Å². The van der Waals surface area contributed by atoms with Crippen molar-refractivity contribution in [3.05, 3.63) is 21.9 Å². The first-order valence-corrected chi connectivity index (χ1v) is 6.52. The first-order chi connectivity index (χ1) is 7.66. The summed E-state index contributed by atoms with van der Waals surface area (Å²) in [6.07, 6.45) is 0.688. The van der Waals surface area contributed by atoms with Crippen molar-refractivity contribution in [2.75, 3.05) is 20.1 Å². The van der Waals surface area contributed by atoms with E-state index in [4.69, 9.17) is 0 Å². The Hall–Kier alpha value is -0.870. The van der Waals surface area contributed by atoms with Gasteiger partial charge in [0.2, 0.25) is 5.91 Å². The fraction of sp³-hybridized carbons (Fsp3) is 0.583. The summed E-state index contributed by atoms with van der Waals surface area (Å²) in [5.41, 5.74) is 1.29. The van der Waals surface area contributed by atoms with Gasteiger partial charge in [-0.25, -0.2) is 0 Å². The molecule has 2 heterocycles. The van der Waals surface area contributed by atoms with Gasteiger partial charge in [-0.2, -0.15) is 0 Å². The van der Waals surface area contributed by atoms with E-state index in [9.17, 15) is 4.79 Å². The Labute approximate surface area is 100 Å². The molecule has 0 atom stereocenters. The number of aryl methyl sites for hydroxylation is 1. The predicted octanol–water partition coefficient (Wildman–Crippen LogP) is 1.62. The summed E-state index contributed by atoms with van der Waals surface area (Å²) in [6, 6.07) is 2.11. The standard InChI is InChI=1S/C12H18N2OS/c1-9-3-4-16-11(9)8-14(2)12(15)5-10-6-13-7-10/h3-4,10,13H,5-8H2,1-2H3. The number of thiophene rings is 1. The van der Waals surface area contributed by atoms with Crippen LogP contribution in [0.5, 0.6) is 0 Å². The van der Waals surface area contributed by atoms with Crippen molar-refractivity contribution in [3.63, 3.8) is 0 Å². The molecular weight excluding hydrogens is 220 g/mol. The van der Waals surface area contributed by atoms with Gasteiger partial charge in [0, 0.05) is 18.3 Å². The Kier molecular flexibility index (Phi) is 3.61. The Morgan fingerprint density at radius 3 is 2.88 bits per heavy atom. The van der Waals surface area contributed by atoms with Crippen molar-refractivity contribution >= 4 is 17.2 Å². The van der Waals surface area contributed by atoms with Crippen LogP contribution in [0.1, 0.15) is 16.9 Å². The quantitative estimate of drug-likeness (QED) is 0.864. The third-order valence-corrected chi connectivity index (χ3v) is 4.11. The van der Waals surface area contributed by atoms with Crippen molar-refractivity contribution in [1.82, 2.24) is 10.2 Å². The minimum Gasteiger partial charge on any atom is -0.341 e. The summed E-state index contributed by atoms with van der Waals surface area (Å²) in [5.74, 6) is 0.818. The lowest BCUT2D eigenvalue weighted by atomic mass is 9.99. The molecule has 0 unspecified atom stereocenters. The summed E-state index contributed by atoms with van der Waals surface area (Å²) < 4.78 is 0. The molecule has 0 aliphatic carbocycles. The summed E-state index contributed by atoms with van der Waals surface area (Å²) in [4.78, 5) is 15.0. The predicted molar refractivity (Wildman–Crippen MR) is 66.5 cm³/mol. The van der Waals surface area contributed by atoms with E-state index < -0.39 is 0 Å². The average Bonchev–Trinajstić information content (AvgIpc) is 2.58. The number of carbonyl (C=O) groups is 1. The van der Waals surface area contributed by atoms with Crippen molar-refractivity contribution in [1.29, 1.82) is 0 Å². The molecule has 1 aromatic heterocycles. The Balaban J connectivity index is 1.84. The largest absolute Gasteiger partial charge is 0.341 e. The number of nitrogens with zero attached hydrogens (tertiary/aromatic N) is 1. The first kappa shape index (κ1) is 11.6. The van der Waals surface area contributed by atoms with Gasteiger partial charge in [-0.05, 0) is 42.9 Å². The lowest BCUT2D eigenvalue weighted by Crippen LogP contribution is -2.44. The Morgan fingerprint density at radius 1 is 1.62 bits per heavy atom. The molecule has 1 fully saturated rings. The van der Waals surface area contributed by atoms with E-state index in [-0.39, 0.29) is 5.91 Å². The number of hydrogen-bond donors (Lipinski definition) is 1. The molecule has 1 saturated heterocycles. The first-order valence-electron chi connectivity index (χ1n) is 5.64. The van der Waals surface area contributed by atoms with Crippen LogP contribution < -0.4 is 5.32 Å². The minimum absolute atomic E-state index is 0.263. The van der Waals surface area contributed by atoms with Gasteiger partial charge in [0.25, 0.3) is 0 Å². The van der Waals surface area contributed by atoms with Crippen molar-refractivity contribution in [3.8, 4) is 0 Å². The van der Waals surface area contributed by atoms with Gasteiger partial charge in [-0.1, -0.05) is 0 Å². The van der Waals surface area contributed by atoms with Gasteiger partial charge < -0.3 is 10.2 Å². The molecule has 0 saturated carbocycles. The molecule has 88 valence electrons. The molecule has 0 aromatic carbocycles. The molecule has 1 aliphatic rings. The SMILES string of the molecule is Cc1ccsc1CN(C)C(=O)CC1CNC1. The number of carbonyl (C=O) groups excluding carboxylic acids is 1. The lowest BCUT2D eigenvalue weighted by Gasteiger charge is -2.28. The van der Waals surface area contributed by atoms with Crippen LogP contribution in [0.15, 0.2) is 11.4 Å². The molecule has 2 rings (SSSR count). The second-order valence-corrected chi connectivity index (χ2v) is 5.51. The maximum absolute atomic E-state index is 11.9. The fourth-order valence-electron chi connectivity index (χ4n) is 1.77. The molecular formula is C12H18N2OS. The van der Waals surface area contributed by atoms with Gasteiger partial charge in [-0.3, -0.25) is 4.79 Å². The van der Waals surface area contributed by atoms with Gasteiger partial charge in [0.05, 0.1) is 6.54 Å². The van der Waals surface area contributed by atoms with Gasteiger partial charge in [-0.15, -0.1) is 11.3 Å². The monoisotopic (exact) mass is 238 g/mol. The summed E-state index contributed by atoms with van der Waals surface area (Å²) >= 11 is 1.73. The minimum atomic E-state index is 0.263. The second-order valence-electron chi connectivity index (χ2n) is 4.50. The van der Waals surface area contributed by atoms with Crippen LogP contribution in [-0.2, 0) is 11.3 Å². The van der Waals surface area contributed by atoms with Crippen LogP contribution in [0.2, 0.25) is 0 Å². The van der Waals surface area contributed by atoms with Crippen LogP contribution in [0.4, 0.5) is 0 Å². The van der Waals surface area contributed by atoms with Crippen LogP contribution in [-0.4, -0.2) is 30.9 Å². The molecule has 1 amide bonds. The van der Waals surface area contributed by atoms with E-state index in [1.165, 1.54) is 10.4 Å². The number of hydrogen-bond acceptors (Lipinski definition) is 3. The maximum Gasteiger partial charge on any atom is 0.223 e. The zero-order chi connectivity index (χ0) is 11.5. The third kappa shape index (κ3) is 2.62. The summed E-state index contributed by atoms with van der Waals surface area (Å²) in [6.45, 7) is 4.84. The molecule has 0 bridgehead atoms. The zero-order valence-electron chi connectivity index (χ0n) is 9.82. The highest BCUT2D eigenvalue weighted by Gasteiger charge is 2.22. The van der Waals surface area contributed by atoms with E-state index in [0.29, 0.717) is 12.3 Å². The van der Waals surface area contributed by atoms with Gasteiger partial charge in [0.1, 0.15) is 0 Å². The van der Waals surface area contributed by atoms with Crippen LogP contribution in [0.3, 0.4) is 0 Å². The molecule has 0 radical (unpaired) electrons. The zero-order valence-corrected chi connectivity index (χ0v) is 10.6. The number of nitrogens with one attached hydrogen (secondary N) is 1.